The van der Waals surface area contributed by atoms with Gasteiger partial charge in [-0.25, -0.2) is 9.97 Å². The van der Waals surface area contributed by atoms with Gasteiger partial charge in [0.15, 0.2) is 0 Å². The first-order valence-corrected chi connectivity index (χ1v) is 10.5. The number of para-hydroxylation sites is 1. The Kier molecular flexibility index (Phi) is 5.78. The standard InChI is InChI=1S/C21H28N6O2/c1-2-17-8-6-7-11-26(17)21-19(27(28)29)20(22-16-23-21)25-14-12-24(13-15-25)18-9-4-3-5-10-18/h3-5,9-10,16-17H,2,6-8,11-15H2,1H3. The van der Waals surface area contributed by atoms with Gasteiger partial charge < -0.3 is 14.7 Å². The summed E-state index contributed by atoms with van der Waals surface area (Å²) in [5, 5.41) is 12.1. The van der Waals surface area contributed by atoms with Gasteiger partial charge in [-0.1, -0.05) is 25.1 Å². The Morgan fingerprint density at radius 2 is 1.69 bits per heavy atom. The minimum Gasteiger partial charge on any atom is -0.368 e. The third-order valence-electron chi connectivity index (χ3n) is 6.04. The first-order chi connectivity index (χ1) is 14.2. The van der Waals surface area contributed by atoms with E-state index >= 15 is 0 Å². The van der Waals surface area contributed by atoms with E-state index in [-0.39, 0.29) is 10.6 Å². The van der Waals surface area contributed by atoms with Crippen molar-refractivity contribution in [2.75, 3.05) is 47.4 Å². The number of nitrogens with zero attached hydrogens (tertiary/aromatic N) is 6. The van der Waals surface area contributed by atoms with E-state index in [0.717, 1.165) is 38.9 Å². The topological polar surface area (TPSA) is 78.6 Å². The molecular formula is C21H28N6O2. The molecular weight excluding hydrogens is 368 g/mol. The van der Waals surface area contributed by atoms with Crippen molar-refractivity contribution < 1.29 is 4.92 Å². The number of hydrogen-bond donors (Lipinski definition) is 0. The largest absolute Gasteiger partial charge is 0.368 e. The highest BCUT2D eigenvalue weighted by Crippen LogP contribution is 2.37. The summed E-state index contributed by atoms with van der Waals surface area (Å²) in [7, 11) is 0. The third-order valence-corrected chi connectivity index (χ3v) is 6.04. The molecule has 0 N–H and O–H groups in total. The van der Waals surface area contributed by atoms with Gasteiger partial charge in [-0.05, 0) is 37.8 Å². The van der Waals surface area contributed by atoms with Crippen LogP contribution in [0.4, 0.5) is 23.0 Å². The molecule has 4 rings (SSSR count). The Hall–Kier alpha value is -2.90. The van der Waals surface area contributed by atoms with Crippen LogP contribution in [0.5, 0.6) is 0 Å². The van der Waals surface area contributed by atoms with Crippen LogP contribution < -0.4 is 14.7 Å². The van der Waals surface area contributed by atoms with Crippen molar-refractivity contribution in [1.29, 1.82) is 0 Å². The molecule has 8 nitrogen and oxygen atoms in total. The van der Waals surface area contributed by atoms with Crippen molar-refractivity contribution in [3.05, 3.63) is 46.8 Å². The van der Waals surface area contributed by atoms with Gasteiger partial charge in [0.25, 0.3) is 0 Å². The van der Waals surface area contributed by atoms with Crippen LogP contribution >= 0.6 is 0 Å². The Morgan fingerprint density at radius 1 is 1.00 bits per heavy atom. The fourth-order valence-corrected chi connectivity index (χ4v) is 4.48. The summed E-state index contributed by atoms with van der Waals surface area (Å²) in [4.78, 5) is 27.0. The van der Waals surface area contributed by atoms with Crippen LogP contribution in [0.3, 0.4) is 0 Å². The SMILES string of the molecule is CCC1CCCCN1c1ncnc(N2CCN(c3ccccc3)CC2)c1[N+](=O)[O-]. The predicted octanol–water partition coefficient (Wildman–Crippen LogP) is 3.48. The minimum atomic E-state index is -0.296. The zero-order valence-corrected chi connectivity index (χ0v) is 16.9. The van der Waals surface area contributed by atoms with E-state index in [4.69, 9.17) is 0 Å². The molecule has 0 saturated carbocycles. The number of piperazine rings is 1. The van der Waals surface area contributed by atoms with Crippen molar-refractivity contribution in [1.82, 2.24) is 9.97 Å². The average Bonchev–Trinajstić information content (AvgIpc) is 2.79. The summed E-state index contributed by atoms with van der Waals surface area (Å²) in [6.07, 6.45) is 5.72. The highest BCUT2D eigenvalue weighted by molar-refractivity contribution is 5.72. The molecule has 0 amide bonds. The van der Waals surface area contributed by atoms with Crippen molar-refractivity contribution in [3.8, 4) is 0 Å². The summed E-state index contributed by atoms with van der Waals surface area (Å²) in [6.45, 7) is 5.97. The lowest BCUT2D eigenvalue weighted by Crippen LogP contribution is -2.47. The van der Waals surface area contributed by atoms with E-state index in [9.17, 15) is 10.1 Å². The maximum atomic E-state index is 12.1. The fraction of sp³-hybridized carbons (Fsp3) is 0.524. The molecule has 0 aliphatic carbocycles. The average molecular weight is 396 g/mol. The smallest absolute Gasteiger partial charge is 0.353 e. The van der Waals surface area contributed by atoms with Gasteiger partial charge in [-0.2, -0.15) is 0 Å². The van der Waals surface area contributed by atoms with Crippen LogP contribution in [0, 0.1) is 10.1 Å². The molecule has 1 atom stereocenters. The maximum Gasteiger partial charge on any atom is 0.353 e. The van der Waals surface area contributed by atoms with E-state index in [0.29, 0.717) is 30.8 Å². The number of anilines is 3. The molecule has 8 heteroatoms. The first-order valence-electron chi connectivity index (χ1n) is 10.5. The number of piperidine rings is 1. The molecule has 2 saturated heterocycles. The second-order valence-corrected chi connectivity index (χ2v) is 7.69. The zero-order valence-electron chi connectivity index (χ0n) is 16.9. The minimum absolute atomic E-state index is 0.0565. The number of rotatable bonds is 5. The Bertz CT molecular complexity index is 838. The van der Waals surface area contributed by atoms with Crippen LogP contribution in [-0.4, -0.2) is 53.7 Å². The van der Waals surface area contributed by atoms with E-state index in [1.165, 1.54) is 18.4 Å². The third kappa shape index (κ3) is 3.97. The number of hydrogen-bond acceptors (Lipinski definition) is 7. The number of benzene rings is 1. The molecule has 29 heavy (non-hydrogen) atoms. The van der Waals surface area contributed by atoms with E-state index in [1.54, 1.807) is 0 Å². The molecule has 2 fully saturated rings. The van der Waals surface area contributed by atoms with E-state index < -0.39 is 0 Å². The summed E-state index contributed by atoms with van der Waals surface area (Å²) in [5.41, 5.74) is 1.24. The number of nitro groups is 1. The van der Waals surface area contributed by atoms with Crippen molar-refractivity contribution in [2.45, 2.75) is 38.6 Å². The molecule has 0 bridgehead atoms. The lowest BCUT2D eigenvalue weighted by molar-refractivity contribution is -0.383. The molecule has 1 aromatic heterocycles. The quantitative estimate of drug-likeness (QED) is 0.565. The molecule has 0 spiro atoms. The molecule has 2 aliphatic heterocycles. The van der Waals surface area contributed by atoms with Crippen LogP contribution in [-0.2, 0) is 0 Å². The highest BCUT2D eigenvalue weighted by atomic mass is 16.6. The Morgan fingerprint density at radius 3 is 2.38 bits per heavy atom. The van der Waals surface area contributed by atoms with Gasteiger partial charge in [0.05, 0.1) is 4.92 Å². The van der Waals surface area contributed by atoms with Crippen LogP contribution in [0.2, 0.25) is 0 Å². The van der Waals surface area contributed by atoms with Gasteiger partial charge in [0.1, 0.15) is 6.33 Å². The molecule has 154 valence electrons. The molecule has 3 heterocycles. The summed E-state index contributed by atoms with van der Waals surface area (Å²) in [5.74, 6) is 0.935. The van der Waals surface area contributed by atoms with Crippen molar-refractivity contribution in [2.24, 2.45) is 0 Å². The first kappa shape index (κ1) is 19.4. The molecule has 1 unspecified atom stereocenters. The van der Waals surface area contributed by atoms with E-state index in [2.05, 4.69) is 38.8 Å². The monoisotopic (exact) mass is 396 g/mol. The fourth-order valence-electron chi connectivity index (χ4n) is 4.48. The van der Waals surface area contributed by atoms with Gasteiger partial charge >= 0.3 is 5.69 Å². The van der Waals surface area contributed by atoms with Crippen molar-refractivity contribution >= 4 is 23.0 Å². The summed E-state index contributed by atoms with van der Waals surface area (Å²) < 4.78 is 0. The van der Waals surface area contributed by atoms with E-state index in [1.807, 2.05) is 23.1 Å². The molecule has 2 aromatic rings. The summed E-state index contributed by atoms with van der Waals surface area (Å²) in [6, 6.07) is 10.6. The number of aromatic nitrogens is 2. The second kappa shape index (κ2) is 8.63. The Balaban J connectivity index is 1.59. The van der Waals surface area contributed by atoms with Gasteiger partial charge in [-0.15, -0.1) is 0 Å². The van der Waals surface area contributed by atoms with Gasteiger partial charge in [0.2, 0.25) is 11.6 Å². The molecule has 0 radical (unpaired) electrons. The Labute approximate surface area is 171 Å². The predicted molar refractivity (Wildman–Crippen MR) is 115 cm³/mol. The van der Waals surface area contributed by atoms with Crippen LogP contribution in [0.15, 0.2) is 36.7 Å². The second-order valence-electron chi connectivity index (χ2n) is 7.69. The molecule has 1 aromatic carbocycles. The lowest BCUT2D eigenvalue weighted by atomic mass is 10.00. The summed E-state index contributed by atoms with van der Waals surface area (Å²) >= 11 is 0. The normalized spacial score (nSPS) is 20.0. The van der Waals surface area contributed by atoms with Gasteiger partial charge in [0, 0.05) is 44.5 Å². The zero-order chi connectivity index (χ0) is 20.2. The lowest BCUT2D eigenvalue weighted by Gasteiger charge is -2.38. The van der Waals surface area contributed by atoms with Gasteiger partial charge in [-0.3, -0.25) is 10.1 Å². The maximum absolute atomic E-state index is 12.1. The molecule has 2 aliphatic rings. The van der Waals surface area contributed by atoms with Crippen LogP contribution in [0.25, 0.3) is 0 Å². The van der Waals surface area contributed by atoms with Crippen molar-refractivity contribution in [3.63, 3.8) is 0 Å². The highest BCUT2D eigenvalue weighted by Gasteiger charge is 2.34. The van der Waals surface area contributed by atoms with Crippen LogP contribution in [0.1, 0.15) is 32.6 Å².